The average Bonchev–Trinajstić information content (AvgIpc) is 2.09. The lowest BCUT2D eigenvalue weighted by Crippen LogP contribution is -1.86. The number of hydrogen-bond acceptors (Lipinski definition) is 1. The molecule has 0 N–H and O–H groups in total. The standard InChI is InChI=1S/C12H15BrS/c1-9-7-11(13)8-10(2)12(9)5-3-4-6-14/h3,5,7-8,14H,4,6H2,1-2H3. The van der Waals surface area contributed by atoms with Crippen LogP contribution >= 0.6 is 28.6 Å². The van der Waals surface area contributed by atoms with Crippen molar-refractivity contribution < 1.29 is 0 Å². The summed E-state index contributed by atoms with van der Waals surface area (Å²) in [6, 6.07) is 4.29. The van der Waals surface area contributed by atoms with E-state index in [0.717, 1.165) is 16.6 Å². The fraction of sp³-hybridized carbons (Fsp3) is 0.333. The largest absolute Gasteiger partial charge is 0.179 e. The second kappa shape index (κ2) is 5.62. The third-order valence-electron chi connectivity index (χ3n) is 2.14. The van der Waals surface area contributed by atoms with Gasteiger partial charge >= 0.3 is 0 Å². The zero-order valence-electron chi connectivity index (χ0n) is 8.55. The van der Waals surface area contributed by atoms with Gasteiger partial charge in [0, 0.05) is 4.47 Å². The molecule has 1 rings (SSSR count). The van der Waals surface area contributed by atoms with E-state index in [-0.39, 0.29) is 0 Å². The maximum Gasteiger partial charge on any atom is 0.0180 e. The first-order chi connectivity index (χ1) is 6.65. The normalized spacial score (nSPS) is 11.1. The maximum absolute atomic E-state index is 4.18. The predicted octanol–water partition coefficient (Wildman–Crippen LogP) is 4.40. The summed E-state index contributed by atoms with van der Waals surface area (Å²) in [5.74, 6) is 0.908. The van der Waals surface area contributed by atoms with Crippen molar-refractivity contribution in [3.63, 3.8) is 0 Å². The van der Waals surface area contributed by atoms with Gasteiger partial charge in [0.25, 0.3) is 0 Å². The van der Waals surface area contributed by atoms with E-state index in [4.69, 9.17) is 0 Å². The summed E-state index contributed by atoms with van der Waals surface area (Å²) in [4.78, 5) is 0. The molecule has 0 amide bonds. The number of thiol groups is 1. The summed E-state index contributed by atoms with van der Waals surface area (Å²) in [7, 11) is 0. The molecule has 0 saturated heterocycles. The highest BCUT2D eigenvalue weighted by Crippen LogP contribution is 2.21. The second-order valence-corrected chi connectivity index (χ2v) is 4.73. The Morgan fingerprint density at radius 1 is 1.29 bits per heavy atom. The van der Waals surface area contributed by atoms with Gasteiger partial charge < -0.3 is 0 Å². The third kappa shape index (κ3) is 3.18. The van der Waals surface area contributed by atoms with Gasteiger partial charge in [0.15, 0.2) is 0 Å². The van der Waals surface area contributed by atoms with Crippen molar-refractivity contribution >= 4 is 34.6 Å². The fourth-order valence-corrected chi connectivity index (χ4v) is 2.30. The molecule has 0 bridgehead atoms. The molecule has 0 fully saturated rings. The Bertz CT molecular complexity index is 319. The molecule has 0 aromatic heterocycles. The van der Waals surface area contributed by atoms with Gasteiger partial charge in [-0.2, -0.15) is 12.6 Å². The number of aryl methyl sites for hydroxylation is 2. The first-order valence-corrected chi connectivity index (χ1v) is 6.12. The van der Waals surface area contributed by atoms with Crippen LogP contribution in [0.3, 0.4) is 0 Å². The quantitative estimate of drug-likeness (QED) is 0.774. The average molecular weight is 271 g/mol. The first-order valence-electron chi connectivity index (χ1n) is 4.69. The molecule has 0 saturated carbocycles. The summed E-state index contributed by atoms with van der Waals surface area (Å²) in [5, 5.41) is 0. The number of halogens is 1. The molecule has 1 aromatic rings. The van der Waals surface area contributed by atoms with Crippen molar-refractivity contribution in [1.82, 2.24) is 0 Å². The molecule has 0 atom stereocenters. The van der Waals surface area contributed by atoms with Crippen LogP contribution in [0, 0.1) is 13.8 Å². The summed E-state index contributed by atoms with van der Waals surface area (Å²) in [5.41, 5.74) is 3.95. The molecule has 2 heteroatoms. The van der Waals surface area contributed by atoms with E-state index in [9.17, 15) is 0 Å². The summed E-state index contributed by atoms with van der Waals surface area (Å²) < 4.78 is 1.15. The number of allylic oxidation sites excluding steroid dienone is 1. The molecule has 0 spiro atoms. The van der Waals surface area contributed by atoms with Gasteiger partial charge in [-0.05, 0) is 54.8 Å². The number of hydrogen-bond donors (Lipinski definition) is 1. The van der Waals surface area contributed by atoms with Crippen LogP contribution in [0.4, 0.5) is 0 Å². The van der Waals surface area contributed by atoms with Gasteiger partial charge in [-0.1, -0.05) is 28.1 Å². The Morgan fingerprint density at radius 3 is 2.36 bits per heavy atom. The van der Waals surface area contributed by atoms with Crippen molar-refractivity contribution in [2.45, 2.75) is 20.3 Å². The molecule has 1 aromatic carbocycles. The van der Waals surface area contributed by atoms with E-state index < -0.39 is 0 Å². The lowest BCUT2D eigenvalue weighted by Gasteiger charge is -2.05. The summed E-state index contributed by atoms with van der Waals surface area (Å²) in [6.07, 6.45) is 5.39. The summed E-state index contributed by atoms with van der Waals surface area (Å²) >= 11 is 7.67. The van der Waals surface area contributed by atoms with E-state index in [1.807, 2.05) is 0 Å². The highest BCUT2D eigenvalue weighted by atomic mass is 79.9. The van der Waals surface area contributed by atoms with E-state index in [1.165, 1.54) is 16.7 Å². The smallest absolute Gasteiger partial charge is 0.0180 e. The second-order valence-electron chi connectivity index (χ2n) is 3.37. The van der Waals surface area contributed by atoms with Crippen molar-refractivity contribution in [3.05, 3.63) is 39.4 Å². The Hall–Kier alpha value is -0.210. The predicted molar refractivity (Wildman–Crippen MR) is 71.1 cm³/mol. The van der Waals surface area contributed by atoms with Crippen molar-refractivity contribution in [2.75, 3.05) is 5.75 Å². The van der Waals surface area contributed by atoms with Gasteiger partial charge in [0.05, 0.1) is 0 Å². The molecular weight excluding hydrogens is 256 g/mol. The van der Waals surface area contributed by atoms with Gasteiger partial charge in [-0.25, -0.2) is 0 Å². The Balaban J connectivity index is 2.96. The molecule has 76 valence electrons. The van der Waals surface area contributed by atoms with Crippen LogP contribution in [-0.4, -0.2) is 5.75 Å². The Morgan fingerprint density at radius 2 is 1.86 bits per heavy atom. The van der Waals surface area contributed by atoms with Crippen LogP contribution in [0.25, 0.3) is 6.08 Å². The minimum absolute atomic E-state index is 0.908. The van der Waals surface area contributed by atoms with Crippen LogP contribution < -0.4 is 0 Å². The van der Waals surface area contributed by atoms with Crippen molar-refractivity contribution in [1.29, 1.82) is 0 Å². The molecule has 0 aliphatic heterocycles. The summed E-state index contributed by atoms with van der Waals surface area (Å²) in [6.45, 7) is 4.27. The van der Waals surface area contributed by atoms with Crippen LogP contribution in [0.5, 0.6) is 0 Å². The van der Waals surface area contributed by atoms with Crippen molar-refractivity contribution in [3.8, 4) is 0 Å². The highest BCUT2D eigenvalue weighted by Gasteiger charge is 1.99. The van der Waals surface area contributed by atoms with Gasteiger partial charge in [0.1, 0.15) is 0 Å². The molecule has 0 radical (unpaired) electrons. The number of rotatable bonds is 3. The van der Waals surface area contributed by atoms with Crippen LogP contribution in [0.2, 0.25) is 0 Å². The molecular formula is C12H15BrS. The van der Waals surface area contributed by atoms with Gasteiger partial charge in [-0.15, -0.1) is 0 Å². The van der Waals surface area contributed by atoms with Crippen molar-refractivity contribution in [2.24, 2.45) is 0 Å². The topological polar surface area (TPSA) is 0 Å². The van der Waals surface area contributed by atoms with E-state index >= 15 is 0 Å². The zero-order valence-corrected chi connectivity index (χ0v) is 11.0. The van der Waals surface area contributed by atoms with Crippen LogP contribution in [-0.2, 0) is 0 Å². The molecule has 0 heterocycles. The van der Waals surface area contributed by atoms with Gasteiger partial charge in [-0.3, -0.25) is 0 Å². The van der Waals surface area contributed by atoms with E-state index in [0.29, 0.717) is 0 Å². The molecule has 14 heavy (non-hydrogen) atoms. The molecule has 0 aliphatic carbocycles. The Kier molecular flexibility index (Phi) is 4.76. The monoisotopic (exact) mass is 270 g/mol. The van der Waals surface area contributed by atoms with E-state index in [1.54, 1.807) is 0 Å². The fourth-order valence-electron chi connectivity index (χ4n) is 1.46. The number of benzene rings is 1. The highest BCUT2D eigenvalue weighted by molar-refractivity contribution is 9.10. The first kappa shape index (κ1) is 11.9. The van der Waals surface area contributed by atoms with Gasteiger partial charge in [0.2, 0.25) is 0 Å². The minimum atomic E-state index is 0.908. The molecule has 0 unspecified atom stereocenters. The third-order valence-corrected chi connectivity index (χ3v) is 2.85. The SMILES string of the molecule is Cc1cc(Br)cc(C)c1C=CCCS. The maximum atomic E-state index is 4.18. The zero-order chi connectivity index (χ0) is 10.6. The van der Waals surface area contributed by atoms with E-state index in [2.05, 4.69) is 66.7 Å². The van der Waals surface area contributed by atoms with Crippen LogP contribution in [0.15, 0.2) is 22.7 Å². The molecule has 0 nitrogen and oxygen atoms in total. The van der Waals surface area contributed by atoms with Crippen LogP contribution in [0.1, 0.15) is 23.1 Å². The minimum Gasteiger partial charge on any atom is -0.179 e. The molecule has 0 aliphatic rings. The lowest BCUT2D eigenvalue weighted by molar-refractivity contribution is 1.25. The lowest BCUT2D eigenvalue weighted by atomic mass is 10.0. The Labute approximate surface area is 100.0 Å².